The van der Waals surface area contributed by atoms with Gasteiger partial charge in [0.25, 0.3) is 0 Å². The van der Waals surface area contributed by atoms with E-state index in [4.69, 9.17) is 18.9 Å². The Balaban J connectivity index is 1.41. The Hall–Kier alpha value is -0.990. The summed E-state index contributed by atoms with van der Waals surface area (Å²) in [6, 6.07) is 0. The normalized spacial score (nSPS) is 47.2. The molecular weight excluding hydrogens is 532 g/mol. The maximum atomic E-state index is 12.1. The van der Waals surface area contributed by atoms with E-state index < -0.39 is 17.8 Å². The number of aliphatic hydroxyl groups is 2. The van der Waals surface area contributed by atoms with E-state index in [1.807, 2.05) is 20.8 Å². The molecule has 1 saturated heterocycles. The van der Waals surface area contributed by atoms with E-state index in [1.165, 1.54) is 12.5 Å². The molecule has 0 aromatic rings. The molecule has 5 aliphatic rings. The van der Waals surface area contributed by atoms with Crippen molar-refractivity contribution in [3.05, 3.63) is 11.6 Å². The monoisotopic (exact) mass is 590 g/mol. The molecule has 2 N–H and O–H groups in total. The quantitative estimate of drug-likeness (QED) is 0.275. The molecule has 4 aliphatic carbocycles. The first kappa shape index (κ1) is 32.4. The lowest BCUT2D eigenvalue weighted by Crippen LogP contribution is -2.65. The minimum Gasteiger partial charge on any atom is -0.462 e. The maximum absolute atomic E-state index is 12.1. The first-order valence-corrected chi connectivity index (χ1v) is 16.5. The number of methoxy groups -OCH3 is 1. The van der Waals surface area contributed by atoms with E-state index in [-0.39, 0.29) is 58.0 Å². The molecule has 7 nitrogen and oxygen atoms in total. The molecule has 0 spiro atoms. The Morgan fingerprint density at radius 2 is 1.81 bits per heavy atom. The fourth-order valence-corrected chi connectivity index (χ4v) is 11.4. The lowest BCUT2D eigenvalue weighted by molar-refractivity contribution is -0.221. The molecule has 0 radical (unpaired) electrons. The van der Waals surface area contributed by atoms with Gasteiger partial charge in [0.15, 0.2) is 6.29 Å². The summed E-state index contributed by atoms with van der Waals surface area (Å²) < 4.78 is 24.1. The predicted molar refractivity (Wildman–Crippen MR) is 161 cm³/mol. The maximum Gasteiger partial charge on any atom is 0.302 e. The second-order valence-electron chi connectivity index (χ2n) is 16.2. The van der Waals surface area contributed by atoms with Gasteiger partial charge in [-0.3, -0.25) is 4.79 Å². The lowest BCUT2D eigenvalue weighted by atomic mass is 9.37. The minimum atomic E-state index is -0.752. The van der Waals surface area contributed by atoms with E-state index in [2.05, 4.69) is 40.7 Å². The van der Waals surface area contributed by atoms with Gasteiger partial charge in [0.1, 0.15) is 12.2 Å². The van der Waals surface area contributed by atoms with E-state index >= 15 is 0 Å². The highest BCUT2D eigenvalue weighted by atomic mass is 16.7. The third-order valence-corrected chi connectivity index (χ3v) is 13.5. The van der Waals surface area contributed by atoms with Crippen LogP contribution in [0.15, 0.2) is 11.6 Å². The van der Waals surface area contributed by atoms with Crippen LogP contribution in [-0.2, 0) is 23.7 Å². The fraction of sp³-hybridized carbons (Fsp3) is 0.914. The molecule has 240 valence electrons. The van der Waals surface area contributed by atoms with Crippen LogP contribution in [0.1, 0.15) is 107 Å². The van der Waals surface area contributed by atoms with Crippen LogP contribution in [0.4, 0.5) is 0 Å². The number of allylic oxidation sites excluding steroid dienone is 1. The van der Waals surface area contributed by atoms with Crippen LogP contribution in [0.2, 0.25) is 0 Å². The standard InChI is InChI=1S/C35H58O7/c1-11-40-32(5,6)29(38)23-18-21(30(39-10)42-23)22-12-13-24-33(22,7)16-14-25-34(8)17-15-28(41-20(2)36)31(3,4)26(34)19-27(37)35(24,25)9/h13,21-23,25-30,37-38H,11-12,14-19H2,1-10H3. The molecule has 5 rings (SSSR count). The number of esters is 1. The number of carbonyl (C=O) groups is 1. The topological polar surface area (TPSA) is 94.5 Å². The zero-order chi connectivity index (χ0) is 31.0. The Kier molecular flexibility index (Phi) is 8.35. The van der Waals surface area contributed by atoms with Gasteiger partial charge in [-0.2, -0.15) is 0 Å². The Morgan fingerprint density at radius 3 is 2.43 bits per heavy atom. The summed E-state index contributed by atoms with van der Waals surface area (Å²) in [7, 11) is 1.71. The molecule has 7 heteroatoms. The van der Waals surface area contributed by atoms with Crippen LogP contribution in [0, 0.1) is 45.3 Å². The van der Waals surface area contributed by atoms with Gasteiger partial charge in [0.2, 0.25) is 0 Å². The fourth-order valence-electron chi connectivity index (χ4n) is 11.4. The van der Waals surface area contributed by atoms with Crippen molar-refractivity contribution in [2.24, 2.45) is 45.3 Å². The second kappa shape index (κ2) is 10.8. The van der Waals surface area contributed by atoms with Gasteiger partial charge in [-0.15, -0.1) is 0 Å². The molecule has 12 unspecified atom stereocenters. The molecule has 0 bridgehead atoms. The number of hydrogen-bond acceptors (Lipinski definition) is 7. The number of hydrogen-bond donors (Lipinski definition) is 2. The van der Waals surface area contributed by atoms with Crippen molar-refractivity contribution in [1.29, 1.82) is 0 Å². The van der Waals surface area contributed by atoms with Crippen molar-refractivity contribution in [2.45, 2.75) is 144 Å². The van der Waals surface area contributed by atoms with Crippen LogP contribution < -0.4 is 0 Å². The second-order valence-corrected chi connectivity index (χ2v) is 16.2. The summed E-state index contributed by atoms with van der Waals surface area (Å²) in [5.74, 6) is 0.879. The van der Waals surface area contributed by atoms with Crippen LogP contribution in [0.3, 0.4) is 0 Å². The Bertz CT molecular complexity index is 1070. The smallest absolute Gasteiger partial charge is 0.302 e. The van der Waals surface area contributed by atoms with Crippen molar-refractivity contribution in [3.63, 3.8) is 0 Å². The highest BCUT2D eigenvalue weighted by molar-refractivity contribution is 5.66. The first-order valence-electron chi connectivity index (χ1n) is 16.5. The van der Waals surface area contributed by atoms with Gasteiger partial charge in [0.05, 0.1) is 17.8 Å². The minimum absolute atomic E-state index is 0.0555. The van der Waals surface area contributed by atoms with E-state index in [0.717, 1.165) is 44.9 Å². The van der Waals surface area contributed by atoms with Crippen LogP contribution >= 0.6 is 0 Å². The van der Waals surface area contributed by atoms with Crippen LogP contribution in [0.5, 0.6) is 0 Å². The van der Waals surface area contributed by atoms with Gasteiger partial charge in [-0.05, 0) is 94.3 Å². The van der Waals surface area contributed by atoms with Crippen LogP contribution in [-0.4, -0.2) is 66.2 Å². The molecule has 42 heavy (non-hydrogen) atoms. The van der Waals surface area contributed by atoms with Gasteiger partial charge < -0.3 is 29.2 Å². The molecular formula is C35H58O7. The highest BCUT2D eigenvalue weighted by Crippen LogP contribution is 2.73. The van der Waals surface area contributed by atoms with Crippen molar-refractivity contribution < 1.29 is 34.0 Å². The highest BCUT2D eigenvalue weighted by Gasteiger charge is 2.69. The number of rotatable bonds is 7. The van der Waals surface area contributed by atoms with Crippen molar-refractivity contribution >= 4 is 5.97 Å². The largest absolute Gasteiger partial charge is 0.462 e. The number of aliphatic hydroxyl groups excluding tert-OH is 2. The van der Waals surface area contributed by atoms with E-state index in [0.29, 0.717) is 18.4 Å². The zero-order valence-electron chi connectivity index (χ0n) is 27.9. The molecule has 0 aromatic carbocycles. The molecule has 0 amide bonds. The molecule has 1 heterocycles. The van der Waals surface area contributed by atoms with Gasteiger partial charge in [-0.25, -0.2) is 0 Å². The average molecular weight is 591 g/mol. The molecule has 0 aromatic heterocycles. The summed E-state index contributed by atoms with van der Waals surface area (Å²) >= 11 is 0. The lowest BCUT2D eigenvalue weighted by Gasteiger charge is -2.68. The van der Waals surface area contributed by atoms with Crippen molar-refractivity contribution in [1.82, 2.24) is 0 Å². The predicted octanol–water partition coefficient (Wildman–Crippen LogP) is 6.05. The summed E-state index contributed by atoms with van der Waals surface area (Å²) in [4.78, 5) is 11.9. The van der Waals surface area contributed by atoms with E-state index in [1.54, 1.807) is 7.11 Å². The van der Waals surface area contributed by atoms with E-state index in [9.17, 15) is 15.0 Å². The van der Waals surface area contributed by atoms with Gasteiger partial charge in [-0.1, -0.05) is 46.3 Å². The number of carbonyl (C=O) groups excluding carboxylic acids is 1. The summed E-state index contributed by atoms with van der Waals surface area (Å²) in [5, 5.41) is 23.4. The van der Waals surface area contributed by atoms with Crippen LogP contribution in [0.25, 0.3) is 0 Å². The van der Waals surface area contributed by atoms with Gasteiger partial charge >= 0.3 is 5.97 Å². The third kappa shape index (κ3) is 4.66. The molecule has 4 fully saturated rings. The molecule has 3 saturated carbocycles. The van der Waals surface area contributed by atoms with Crippen molar-refractivity contribution in [2.75, 3.05) is 13.7 Å². The number of fused-ring (bicyclic) bond motifs is 5. The summed E-state index contributed by atoms with van der Waals surface area (Å²) in [6.07, 6.45) is 6.81. The zero-order valence-corrected chi connectivity index (χ0v) is 27.9. The molecule has 12 atom stereocenters. The Morgan fingerprint density at radius 1 is 1.12 bits per heavy atom. The van der Waals surface area contributed by atoms with Crippen molar-refractivity contribution in [3.8, 4) is 0 Å². The number of ether oxygens (including phenoxy) is 4. The SMILES string of the molecule is CCOC(C)(C)C(O)C1CC(C2CC=C3C2(C)CCC2C4(C)CCC(OC(C)=O)C(C)(C)C4CC(O)C32C)C(OC)O1. The average Bonchev–Trinajstić information content (AvgIpc) is 3.48. The first-order chi connectivity index (χ1) is 19.5. The summed E-state index contributed by atoms with van der Waals surface area (Å²) in [6.45, 7) is 19.6. The summed E-state index contributed by atoms with van der Waals surface area (Å²) in [5.41, 5.74) is 0.195. The van der Waals surface area contributed by atoms with Gasteiger partial charge in [0, 0.05) is 37.4 Å². The third-order valence-electron chi connectivity index (χ3n) is 13.5. The Labute approximate surface area is 254 Å². The molecule has 1 aliphatic heterocycles.